The van der Waals surface area contributed by atoms with Crippen LogP contribution in [0.5, 0.6) is 5.88 Å². The lowest BCUT2D eigenvalue weighted by atomic mass is 10.2. The lowest BCUT2D eigenvalue weighted by molar-refractivity contribution is -0.123. The highest BCUT2D eigenvalue weighted by atomic mass is 16.5. The van der Waals surface area contributed by atoms with Crippen molar-refractivity contribution in [3.63, 3.8) is 0 Å². The van der Waals surface area contributed by atoms with E-state index in [9.17, 15) is 9.59 Å². The van der Waals surface area contributed by atoms with Crippen LogP contribution in [0.15, 0.2) is 42.6 Å². The Kier molecular flexibility index (Phi) is 5.90. The average Bonchev–Trinajstić information content (AvgIpc) is 3.23. The summed E-state index contributed by atoms with van der Waals surface area (Å²) in [6.07, 6.45) is 2.84. The van der Waals surface area contributed by atoms with E-state index in [0.29, 0.717) is 11.6 Å². The van der Waals surface area contributed by atoms with Crippen LogP contribution in [0, 0.1) is 0 Å². The van der Waals surface area contributed by atoms with Crippen LogP contribution in [0.4, 0.5) is 11.4 Å². The summed E-state index contributed by atoms with van der Waals surface area (Å²) in [6.45, 7) is 3.67. The van der Waals surface area contributed by atoms with Gasteiger partial charge in [-0.15, -0.1) is 0 Å². The first-order valence-corrected chi connectivity index (χ1v) is 8.94. The number of aromatic nitrogens is 1. The molecule has 2 heterocycles. The third kappa shape index (κ3) is 4.75. The van der Waals surface area contributed by atoms with E-state index in [2.05, 4.69) is 15.2 Å². The Morgan fingerprint density at radius 1 is 1.11 bits per heavy atom. The van der Waals surface area contributed by atoms with E-state index >= 15 is 0 Å². The molecule has 142 valence electrons. The number of pyridine rings is 1. The number of methoxy groups -OCH3 is 1. The first kappa shape index (κ1) is 18.7. The number of nitrogens with zero attached hydrogens (tertiary/aromatic N) is 2. The summed E-state index contributed by atoms with van der Waals surface area (Å²) in [5.74, 6) is -0.606. The summed E-state index contributed by atoms with van der Waals surface area (Å²) in [6, 6.07) is 10.8. The van der Waals surface area contributed by atoms with Crippen molar-refractivity contribution < 1.29 is 19.1 Å². The topological polar surface area (TPSA) is 80.8 Å². The Labute approximate surface area is 158 Å². The van der Waals surface area contributed by atoms with E-state index in [-0.39, 0.29) is 5.56 Å². The maximum absolute atomic E-state index is 12.3. The minimum Gasteiger partial charge on any atom is -0.481 e. The van der Waals surface area contributed by atoms with Crippen molar-refractivity contribution in [2.45, 2.75) is 25.9 Å². The summed E-state index contributed by atoms with van der Waals surface area (Å²) in [5, 5.41) is 2.76. The molecule has 2 aromatic rings. The van der Waals surface area contributed by atoms with Gasteiger partial charge in [0.25, 0.3) is 5.91 Å². The average molecular weight is 369 g/mol. The zero-order valence-electron chi connectivity index (χ0n) is 15.5. The molecule has 1 saturated heterocycles. The summed E-state index contributed by atoms with van der Waals surface area (Å²) in [5.41, 5.74) is 2.07. The zero-order chi connectivity index (χ0) is 19.2. The van der Waals surface area contributed by atoms with E-state index in [1.807, 2.05) is 24.3 Å². The fourth-order valence-electron chi connectivity index (χ4n) is 2.88. The molecule has 1 N–H and O–H groups in total. The van der Waals surface area contributed by atoms with Crippen molar-refractivity contribution in [2.24, 2.45) is 0 Å². The highest BCUT2D eigenvalue weighted by Crippen LogP contribution is 2.22. The van der Waals surface area contributed by atoms with Crippen LogP contribution in [-0.2, 0) is 9.53 Å². The van der Waals surface area contributed by atoms with E-state index in [1.54, 1.807) is 6.07 Å². The van der Waals surface area contributed by atoms with Gasteiger partial charge < -0.3 is 19.7 Å². The van der Waals surface area contributed by atoms with Crippen molar-refractivity contribution >= 4 is 23.3 Å². The van der Waals surface area contributed by atoms with Gasteiger partial charge in [0.15, 0.2) is 6.10 Å². The minimum atomic E-state index is -0.933. The predicted octanol–water partition coefficient (Wildman–Crippen LogP) is 2.87. The SMILES string of the molecule is COc1ccc(C(=O)O[C@H](C)C(=O)Nc2ccc(N3CCCC3)cc2)cn1. The first-order valence-electron chi connectivity index (χ1n) is 8.94. The maximum Gasteiger partial charge on any atom is 0.340 e. The lowest BCUT2D eigenvalue weighted by Crippen LogP contribution is -2.30. The fraction of sp³-hybridized carbons (Fsp3) is 0.350. The second-order valence-corrected chi connectivity index (χ2v) is 6.37. The molecule has 0 aliphatic carbocycles. The van der Waals surface area contributed by atoms with Crippen LogP contribution < -0.4 is 15.0 Å². The third-order valence-corrected chi connectivity index (χ3v) is 4.44. The molecule has 1 aromatic heterocycles. The van der Waals surface area contributed by atoms with E-state index in [4.69, 9.17) is 9.47 Å². The molecule has 0 radical (unpaired) electrons. The standard InChI is InChI=1S/C20H23N3O4/c1-14(27-20(25)15-5-10-18(26-2)21-13-15)19(24)22-16-6-8-17(9-7-16)23-11-3-4-12-23/h5-10,13-14H,3-4,11-12H2,1-2H3,(H,22,24)/t14-/m1/s1. The van der Waals surface area contributed by atoms with Gasteiger partial charge in [0, 0.05) is 36.7 Å². The lowest BCUT2D eigenvalue weighted by Gasteiger charge is -2.18. The summed E-state index contributed by atoms with van der Waals surface area (Å²) in [4.78, 5) is 30.7. The number of esters is 1. The number of ether oxygens (including phenoxy) is 2. The van der Waals surface area contributed by atoms with Crippen LogP contribution >= 0.6 is 0 Å². The van der Waals surface area contributed by atoms with E-state index in [1.165, 1.54) is 39.1 Å². The number of benzene rings is 1. The van der Waals surface area contributed by atoms with Crippen molar-refractivity contribution in [2.75, 3.05) is 30.4 Å². The highest BCUT2D eigenvalue weighted by molar-refractivity contribution is 5.97. The molecule has 27 heavy (non-hydrogen) atoms. The van der Waals surface area contributed by atoms with Gasteiger partial charge in [-0.1, -0.05) is 0 Å². The first-order chi connectivity index (χ1) is 13.1. The number of nitrogens with one attached hydrogen (secondary N) is 1. The van der Waals surface area contributed by atoms with Crippen molar-refractivity contribution in [3.05, 3.63) is 48.2 Å². The molecule has 1 aromatic carbocycles. The summed E-state index contributed by atoms with van der Waals surface area (Å²) < 4.78 is 10.2. The Bertz CT molecular complexity index is 784. The number of hydrogen-bond acceptors (Lipinski definition) is 6. The normalized spacial score (nSPS) is 14.5. The quantitative estimate of drug-likeness (QED) is 0.789. The van der Waals surface area contributed by atoms with Crippen LogP contribution in [0.3, 0.4) is 0 Å². The van der Waals surface area contributed by atoms with Gasteiger partial charge in [0.2, 0.25) is 5.88 Å². The van der Waals surface area contributed by atoms with Crippen LogP contribution in [0.2, 0.25) is 0 Å². The molecule has 1 atom stereocenters. The molecule has 1 aliphatic rings. The molecule has 3 rings (SSSR count). The zero-order valence-corrected chi connectivity index (χ0v) is 15.5. The van der Waals surface area contributed by atoms with Gasteiger partial charge in [0.05, 0.1) is 12.7 Å². The van der Waals surface area contributed by atoms with Crippen LogP contribution in [0.1, 0.15) is 30.1 Å². The molecular formula is C20H23N3O4. The monoisotopic (exact) mass is 369 g/mol. The number of rotatable bonds is 6. The van der Waals surface area contributed by atoms with Gasteiger partial charge in [-0.2, -0.15) is 0 Å². The van der Waals surface area contributed by atoms with Crippen LogP contribution in [0.25, 0.3) is 0 Å². The van der Waals surface area contributed by atoms with Gasteiger partial charge in [-0.3, -0.25) is 4.79 Å². The van der Waals surface area contributed by atoms with Crippen LogP contribution in [-0.4, -0.2) is 43.2 Å². The Morgan fingerprint density at radius 3 is 2.41 bits per heavy atom. The molecule has 0 bridgehead atoms. The van der Waals surface area contributed by atoms with Crippen molar-refractivity contribution in [1.29, 1.82) is 0 Å². The van der Waals surface area contributed by atoms with E-state index in [0.717, 1.165) is 18.8 Å². The summed E-state index contributed by atoms with van der Waals surface area (Å²) in [7, 11) is 1.49. The largest absolute Gasteiger partial charge is 0.481 e. The van der Waals surface area contributed by atoms with Gasteiger partial charge in [-0.25, -0.2) is 9.78 Å². The van der Waals surface area contributed by atoms with Crippen molar-refractivity contribution in [1.82, 2.24) is 4.98 Å². The van der Waals surface area contributed by atoms with Gasteiger partial charge in [-0.05, 0) is 50.1 Å². The highest BCUT2D eigenvalue weighted by Gasteiger charge is 2.20. The molecule has 1 fully saturated rings. The molecule has 0 spiro atoms. The second-order valence-electron chi connectivity index (χ2n) is 6.37. The predicted molar refractivity (Wildman–Crippen MR) is 102 cm³/mol. The number of hydrogen-bond donors (Lipinski definition) is 1. The van der Waals surface area contributed by atoms with Crippen molar-refractivity contribution in [3.8, 4) is 5.88 Å². The number of anilines is 2. The summed E-state index contributed by atoms with van der Waals surface area (Å²) >= 11 is 0. The Morgan fingerprint density at radius 2 is 1.81 bits per heavy atom. The Balaban J connectivity index is 1.54. The number of carbonyl (C=O) groups is 2. The molecule has 1 aliphatic heterocycles. The smallest absolute Gasteiger partial charge is 0.340 e. The molecule has 7 heteroatoms. The fourth-order valence-corrected chi connectivity index (χ4v) is 2.88. The maximum atomic E-state index is 12.3. The van der Waals surface area contributed by atoms with Gasteiger partial charge in [0.1, 0.15) is 0 Å². The number of amides is 1. The molecule has 0 unspecified atom stereocenters. The molecule has 1 amide bonds. The Hall–Kier alpha value is -3.09. The molecule has 0 saturated carbocycles. The van der Waals surface area contributed by atoms with Gasteiger partial charge >= 0.3 is 5.97 Å². The van der Waals surface area contributed by atoms with E-state index < -0.39 is 18.0 Å². The molecular weight excluding hydrogens is 346 g/mol. The third-order valence-electron chi connectivity index (χ3n) is 4.44. The molecule has 7 nitrogen and oxygen atoms in total. The second kappa shape index (κ2) is 8.53. The number of carbonyl (C=O) groups excluding carboxylic acids is 2. The minimum absolute atomic E-state index is 0.255.